The maximum atomic E-state index is 5.30. The van der Waals surface area contributed by atoms with Crippen molar-refractivity contribution in [2.24, 2.45) is 0 Å². The minimum atomic E-state index is 0.246. The van der Waals surface area contributed by atoms with Crippen LogP contribution in [0.25, 0.3) is 0 Å². The first-order chi connectivity index (χ1) is 5.35. The number of nitrogens with one attached hydrogen (secondary N) is 1. The van der Waals surface area contributed by atoms with E-state index in [1.54, 1.807) is 0 Å². The zero-order valence-corrected chi connectivity index (χ0v) is 7.43. The van der Waals surface area contributed by atoms with E-state index in [1.807, 2.05) is 13.0 Å². The third-order valence-electron chi connectivity index (χ3n) is 1.50. The Kier molecular flexibility index (Phi) is 6.87. The SMILES string of the molecule is C#CC(CCC)NC/C=C/C. The van der Waals surface area contributed by atoms with Crippen molar-refractivity contribution in [2.45, 2.75) is 32.7 Å². The molecule has 1 atom stereocenters. The molecule has 0 aromatic heterocycles. The summed E-state index contributed by atoms with van der Waals surface area (Å²) in [6.07, 6.45) is 11.6. The van der Waals surface area contributed by atoms with E-state index in [0.29, 0.717) is 0 Å². The van der Waals surface area contributed by atoms with Gasteiger partial charge in [0.2, 0.25) is 0 Å². The van der Waals surface area contributed by atoms with Gasteiger partial charge in [0.15, 0.2) is 0 Å². The summed E-state index contributed by atoms with van der Waals surface area (Å²) in [7, 11) is 0. The molecular formula is C10H17N. The van der Waals surface area contributed by atoms with Crippen LogP contribution in [0, 0.1) is 12.3 Å². The van der Waals surface area contributed by atoms with E-state index in [0.717, 1.165) is 19.4 Å². The Morgan fingerprint density at radius 2 is 2.36 bits per heavy atom. The van der Waals surface area contributed by atoms with E-state index in [1.165, 1.54) is 0 Å². The highest BCUT2D eigenvalue weighted by Crippen LogP contribution is 1.93. The average molecular weight is 151 g/mol. The van der Waals surface area contributed by atoms with E-state index in [2.05, 4.69) is 24.2 Å². The second-order valence-electron chi connectivity index (χ2n) is 2.49. The average Bonchev–Trinajstić information content (AvgIpc) is 2.03. The molecule has 0 heterocycles. The molecule has 0 amide bonds. The Labute approximate surface area is 69.9 Å². The summed E-state index contributed by atoms with van der Waals surface area (Å²) in [4.78, 5) is 0. The zero-order valence-electron chi connectivity index (χ0n) is 7.43. The first-order valence-electron chi connectivity index (χ1n) is 4.15. The van der Waals surface area contributed by atoms with Gasteiger partial charge < -0.3 is 5.32 Å². The molecule has 0 rings (SSSR count). The van der Waals surface area contributed by atoms with Crippen molar-refractivity contribution in [1.82, 2.24) is 5.32 Å². The molecule has 0 aromatic rings. The minimum absolute atomic E-state index is 0.246. The molecule has 0 saturated heterocycles. The van der Waals surface area contributed by atoms with Crippen LogP contribution in [-0.4, -0.2) is 12.6 Å². The minimum Gasteiger partial charge on any atom is -0.300 e. The monoisotopic (exact) mass is 151 g/mol. The van der Waals surface area contributed by atoms with Crippen LogP contribution in [0.3, 0.4) is 0 Å². The van der Waals surface area contributed by atoms with Gasteiger partial charge in [-0.15, -0.1) is 6.42 Å². The maximum Gasteiger partial charge on any atom is 0.0689 e. The number of hydrogen-bond donors (Lipinski definition) is 1. The van der Waals surface area contributed by atoms with E-state index in [4.69, 9.17) is 6.42 Å². The molecule has 0 bridgehead atoms. The maximum absolute atomic E-state index is 5.30. The Morgan fingerprint density at radius 1 is 1.64 bits per heavy atom. The molecule has 1 unspecified atom stereocenters. The van der Waals surface area contributed by atoms with Crippen molar-refractivity contribution in [2.75, 3.05) is 6.54 Å². The molecule has 1 heteroatoms. The summed E-state index contributed by atoms with van der Waals surface area (Å²) in [6, 6.07) is 0.246. The topological polar surface area (TPSA) is 12.0 Å². The Morgan fingerprint density at radius 3 is 2.82 bits per heavy atom. The molecule has 0 aliphatic heterocycles. The van der Waals surface area contributed by atoms with Crippen molar-refractivity contribution in [3.8, 4) is 12.3 Å². The zero-order chi connectivity index (χ0) is 8.53. The molecule has 11 heavy (non-hydrogen) atoms. The number of allylic oxidation sites excluding steroid dienone is 1. The smallest absolute Gasteiger partial charge is 0.0689 e. The highest BCUT2D eigenvalue weighted by atomic mass is 14.9. The lowest BCUT2D eigenvalue weighted by molar-refractivity contribution is 0.595. The number of rotatable bonds is 5. The van der Waals surface area contributed by atoms with Crippen LogP contribution in [0.1, 0.15) is 26.7 Å². The highest BCUT2D eigenvalue weighted by molar-refractivity contribution is 4.99. The Hall–Kier alpha value is -0.740. The normalized spacial score (nSPS) is 13.2. The predicted molar refractivity (Wildman–Crippen MR) is 50.3 cm³/mol. The molecule has 0 aromatic carbocycles. The molecule has 0 aliphatic rings. The van der Waals surface area contributed by atoms with Crippen LogP contribution in [0.2, 0.25) is 0 Å². The second kappa shape index (κ2) is 7.37. The predicted octanol–water partition coefficient (Wildman–Crippen LogP) is 1.95. The van der Waals surface area contributed by atoms with Crippen LogP contribution in [0.5, 0.6) is 0 Å². The first kappa shape index (κ1) is 10.3. The van der Waals surface area contributed by atoms with Crippen molar-refractivity contribution in [3.63, 3.8) is 0 Å². The van der Waals surface area contributed by atoms with Crippen LogP contribution in [0.4, 0.5) is 0 Å². The fraction of sp³-hybridized carbons (Fsp3) is 0.600. The summed E-state index contributed by atoms with van der Waals surface area (Å²) in [5.74, 6) is 2.72. The van der Waals surface area contributed by atoms with Gasteiger partial charge in [0.25, 0.3) is 0 Å². The summed E-state index contributed by atoms with van der Waals surface area (Å²) < 4.78 is 0. The van der Waals surface area contributed by atoms with Crippen molar-refractivity contribution in [3.05, 3.63) is 12.2 Å². The molecule has 0 radical (unpaired) electrons. The third kappa shape index (κ3) is 5.69. The highest BCUT2D eigenvalue weighted by Gasteiger charge is 1.98. The molecule has 0 aliphatic carbocycles. The number of hydrogen-bond acceptors (Lipinski definition) is 1. The van der Waals surface area contributed by atoms with Crippen molar-refractivity contribution >= 4 is 0 Å². The van der Waals surface area contributed by atoms with Gasteiger partial charge in [0, 0.05) is 6.54 Å². The first-order valence-corrected chi connectivity index (χ1v) is 4.15. The number of terminal acetylenes is 1. The summed E-state index contributed by atoms with van der Waals surface area (Å²) in [5, 5.41) is 3.25. The third-order valence-corrected chi connectivity index (χ3v) is 1.50. The second-order valence-corrected chi connectivity index (χ2v) is 2.49. The van der Waals surface area contributed by atoms with Gasteiger partial charge in [0.05, 0.1) is 6.04 Å². The molecular weight excluding hydrogens is 134 g/mol. The van der Waals surface area contributed by atoms with Crippen LogP contribution in [0.15, 0.2) is 12.2 Å². The molecule has 0 fully saturated rings. The summed E-state index contributed by atoms with van der Waals surface area (Å²) in [6.45, 7) is 5.03. The molecule has 1 N–H and O–H groups in total. The quantitative estimate of drug-likeness (QED) is 0.468. The van der Waals surface area contributed by atoms with Gasteiger partial charge in [-0.05, 0) is 13.3 Å². The van der Waals surface area contributed by atoms with Crippen molar-refractivity contribution < 1.29 is 0 Å². The van der Waals surface area contributed by atoms with Gasteiger partial charge in [-0.1, -0.05) is 31.4 Å². The fourth-order valence-corrected chi connectivity index (χ4v) is 0.861. The van der Waals surface area contributed by atoms with Gasteiger partial charge in [-0.2, -0.15) is 0 Å². The van der Waals surface area contributed by atoms with Gasteiger partial charge in [-0.25, -0.2) is 0 Å². The largest absolute Gasteiger partial charge is 0.300 e. The van der Waals surface area contributed by atoms with E-state index in [9.17, 15) is 0 Å². The molecule has 62 valence electrons. The van der Waals surface area contributed by atoms with Gasteiger partial charge >= 0.3 is 0 Å². The van der Waals surface area contributed by atoms with E-state index >= 15 is 0 Å². The van der Waals surface area contributed by atoms with Crippen LogP contribution in [-0.2, 0) is 0 Å². The lowest BCUT2D eigenvalue weighted by atomic mass is 10.2. The molecule has 0 saturated carbocycles. The Balaban J connectivity index is 3.45. The van der Waals surface area contributed by atoms with E-state index < -0.39 is 0 Å². The Bertz CT molecular complexity index is 141. The fourth-order valence-electron chi connectivity index (χ4n) is 0.861. The van der Waals surface area contributed by atoms with Gasteiger partial charge in [0.1, 0.15) is 0 Å². The molecule has 0 spiro atoms. The lowest BCUT2D eigenvalue weighted by Crippen LogP contribution is -2.27. The van der Waals surface area contributed by atoms with Crippen LogP contribution < -0.4 is 5.32 Å². The van der Waals surface area contributed by atoms with Crippen LogP contribution >= 0.6 is 0 Å². The summed E-state index contributed by atoms with van der Waals surface area (Å²) in [5.41, 5.74) is 0. The standard InChI is InChI=1S/C10H17N/c1-4-7-9-11-10(6-3)8-5-2/h3-4,7,10-11H,5,8-9H2,1-2H3/b7-4+. The summed E-state index contributed by atoms with van der Waals surface area (Å²) >= 11 is 0. The van der Waals surface area contributed by atoms with Gasteiger partial charge in [-0.3, -0.25) is 0 Å². The lowest BCUT2D eigenvalue weighted by Gasteiger charge is -2.08. The van der Waals surface area contributed by atoms with Crippen molar-refractivity contribution in [1.29, 1.82) is 0 Å². The molecule has 1 nitrogen and oxygen atoms in total. The van der Waals surface area contributed by atoms with E-state index in [-0.39, 0.29) is 6.04 Å².